The van der Waals surface area contributed by atoms with E-state index in [1.807, 2.05) is 24.6 Å². The van der Waals surface area contributed by atoms with Crippen LogP contribution in [0.15, 0.2) is 12.3 Å². The molecule has 0 aliphatic heterocycles. The second-order valence-corrected chi connectivity index (χ2v) is 3.56. The Kier molecular flexibility index (Phi) is 3.09. The molecule has 0 saturated carbocycles. The normalized spacial score (nSPS) is 15.7. The van der Waals surface area contributed by atoms with Crippen molar-refractivity contribution < 1.29 is 5.11 Å². The highest BCUT2D eigenvalue weighted by Crippen LogP contribution is 2.25. The summed E-state index contributed by atoms with van der Waals surface area (Å²) in [5.41, 5.74) is 0.179. The zero-order chi connectivity index (χ0) is 9.90. The van der Waals surface area contributed by atoms with Gasteiger partial charge < -0.3 is 5.11 Å². The Morgan fingerprint density at radius 2 is 2.23 bits per heavy atom. The highest BCUT2D eigenvalue weighted by atomic mass is 16.3. The van der Waals surface area contributed by atoms with Crippen molar-refractivity contribution in [2.45, 2.75) is 45.8 Å². The lowest BCUT2D eigenvalue weighted by Crippen LogP contribution is -2.25. The quantitative estimate of drug-likeness (QED) is 0.772. The van der Waals surface area contributed by atoms with Gasteiger partial charge in [-0.2, -0.15) is 5.10 Å². The van der Waals surface area contributed by atoms with E-state index in [1.165, 1.54) is 0 Å². The topological polar surface area (TPSA) is 38.1 Å². The molecule has 1 aromatic heterocycles. The zero-order valence-corrected chi connectivity index (χ0v) is 8.62. The van der Waals surface area contributed by atoms with Gasteiger partial charge in [-0.1, -0.05) is 13.3 Å². The first-order valence-electron chi connectivity index (χ1n) is 4.86. The Labute approximate surface area is 79.4 Å². The summed E-state index contributed by atoms with van der Waals surface area (Å²) in [7, 11) is 0. The van der Waals surface area contributed by atoms with Crippen LogP contribution in [0.2, 0.25) is 0 Å². The van der Waals surface area contributed by atoms with Crippen molar-refractivity contribution in [3.63, 3.8) is 0 Å². The fourth-order valence-corrected chi connectivity index (χ4v) is 1.66. The molecule has 1 aromatic rings. The van der Waals surface area contributed by atoms with Gasteiger partial charge in [-0.15, -0.1) is 0 Å². The zero-order valence-electron chi connectivity index (χ0n) is 8.62. The minimum Gasteiger partial charge on any atom is -0.384 e. The number of aryl methyl sites for hydroxylation is 1. The second kappa shape index (κ2) is 3.92. The van der Waals surface area contributed by atoms with Crippen LogP contribution in [0.4, 0.5) is 0 Å². The van der Waals surface area contributed by atoms with Crippen LogP contribution in [0.25, 0.3) is 0 Å². The van der Waals surface area contributed by atoms with Gasteiger partial charge in [0.05, 0.1) is 5.69 Å². The summed E-state index contributed by atoms with van der Waals surface area (Å²) in [6, 6.07) is 1.89. The summed E-state index contributed by atoms with van der Waals surface area (Å²) in [6.45, 7) is 6.75. The monoisotopic (exact) mass is 182 g/mol. The van der Waals surface area contributed by atoms with E-state index in [0.29, 0.717) is 0 Å². The number of hydrogen-bond acceptors (Lipinski definition) is 2. The van der Waals surface area contributed by atoms with Crippen LogP contribution in [0.3, 0.4) is 0 Å². The summed E-state index contributed by atoms with van der Waals surface area (Å²) >= 11 is 0. The van der Waals surface area contributed by atoms with Crippen LogP contribution < -0.4 is 0 Å². The third-order valence-electron chi connectivity index (χ3n) is 2.30. The molecule has 1 rings (SSSR count). The third kappa shape index (κ3) is 2.10. The van der Waals surface area contributed by atoms with Crippen molar-refractivity contribution in [1.29, 1.82) is 0 Å². The van der Waals surface area contributed by atoms with Gasteiger partial charge in [-0.25, -0.2) is 0 Å². The summed E-state index contributed by atoms with van der Waals surface area (Å²) < 4.78 is 1.84. The number of aromatic nitrogens is 2. The highest BCUT2D eigenvalue weighted by Gasteiger charge is 2.25. The molecule has 0 aromatic carbocycles. The number of aliphatic hydroxyl groups is 1. The van der Waals surface area contributed by atoms with Gasteiger partial charge in [0.25, 0.3) is 0 Å². The molecule has 0 amide bonds. The molecule has 1 atom stereocenters. The molecule has 1 heterocycles. The van der Waals surface area contributed by atoms with Crippen LogP contribution in [0.5, 0.6) is 0 Å². The predicted octanol–water partition coefficient (Wildman–Crippen LogP) is 1.91. The van der Waals surface area contributed by atoms with E-state index in [0.717, 1.165) is 25.1 Å². The summed E-state index contributed by atoms with van der Waals surface area (Å²) in [6.07, 6.45) is 3.49. The average molecular weight is 182 g/mol. The van der Waals surface area contributed by atoms with Gasteiger partial charge in [0.2, 0.25) is 0 Å². The number of hydrogen-bond donors (Lipinski definition) is 1. The van der Waals surface area contributed by atoms with Gasteiger partial charge in [-0.3, -0.25) is 4.68 Å². The van der Waals surface area contributed by atoms with Crippen molar-refractivity contribution >= 4 is 0 Å². The summed E-state index contributed by atoms with van der Waals surface area (Å²) in [5, 5.41) is 14.3. The molecule has 3 heteroatoms. The molecule has 3 nitrogen and oxygen atoms in total. The molecule has 1 unspecified atom stereocenters. The summed E-state index contributed by atoms with van der Waals surface area (Å²) in [5.74, 6) is 0. The van der Waals surface area contributed by atoms with E-state index in [2.05, 4.69) is 12.0 Å². The lowest BCUT2D eigenvalue weighted by Gasteiger charge is -2.23. The third-order valence-corrected chi connectivity index (χ3v) is 2.30. The number of nitrogens with zero attached hydrogens (tertiary/aromatic N) is 2. The minimum atomic E-state index is -0.735. The smallest absolute Gasteiger partial charge is 0.103 e. The molecule has 0 aliphatic rings. The Hall–Kier alpha value is -0.830. The van der Waals surface area contributed by atoms with E-state index in [9.17, 15) is 5.11 Å². The SMILES string of the molecule is CCCC(C)(O)c1ccnn1CC. The molecule has 0 saturated heterocycles. The molecule has 0 radical (unpaired) electrons. The molecular formula is C10H18N2O. The predicted molar refractivity (Wildman–Crippen MR) is 52.4 cm³/mol. The van der Waals surface area contributed by atoms with Gasteiger partial charge in [0.1, 0.15) is 5.60 Å². The Morgan fingerprint density at radius 1 is 1.54 bits per heavy atom. The van der Waals surface area contributed by atoms with E-state index in [4.69, 9.17) is 0 Å². The standard InChI is InChI=1S/C10H18N2O/c1-4-7-10(3,13)9-6-8-11-12(9)5-2/h6,8,13H,4-5,7H2,1-3H3. The highest BCUT2D eigenvalue weighted by molar-refractivity contribution is 5.10. The molecule has 0 aliphatic carbocycles. The Bertz CT molecular complexity index is 266. The van der Waals surface area contributed by atoms with Crippen LogP contribution in [-0.2, 0) is 12.1 Å². The molecule has 74 valence electrons. The van der Waals surface area contributed by atoms with E-state index >= 15 is 0 Å². The molecular weight excluding hydrogens is 164 g/mol. The Morgan fingerprint density at radius 3 is 2.77 bits per heavy atom. The van der Waals surface area contributed by atoms with E-state index in [1.54, 1.807) is 6.20 Å². The minimum absolute atomic E-state index is 0.735. The largest absolute Gasteiger partial charge is 0.384 e. The van der Waals surface area contributed by atoms with Gasteiger partial charge >= 0.3 is 0 Å². The van der Waals surface area contributed by atoms with Crippen LogP contribution in [-0.4, -0.2) is 14.9 Å². The first kappa shape index (κ1) is 10.3. The maximum Gasteiger partial charge on any atom is 0.103 e. The van der Waals surface area contributed by atoms with E-state index in [-0.39, 0.29) is 0 Å². The molecule has 0 bridgehead atoms. The molecule has 1 N–H and O–H groups in total. The van der Waals surface area contributed by atoms with Crippen molar-refractivity contribution in [3.05, 3.63) is 18.0 Å². The molecule has 13 heavy (non-hydrogen) atoms. The van der Waals surface area contributed by atoms with Crippen LogP contribution in [0.1, 0.15) is 39.3 Å². The fraction of sp³-hybridized carbons (Fsp3) is 0.700. The van der Waals surface area contributed by atoms with Gasteiger partial charge in [0, 0.05) is 12.7 Å². The van der Waals surface area contributed by atoms with E-state index < -0.39 is 5.60 Å². The molecule has 0 spiro atoms. The van der Waals surface area contributed by atoms with Crippen molar-refractivity contribution in [2.75, 3.05) is 0 Å². The second-order valence-electron chi connectivity index (χ2n) is 3.56. The van der Waals surface area contributed by atoms with Gasteiger partial charge in [0.15, 0.2) is 0 Å². The first-order chi connectivity index (χ1) is 6.11. The molecule has 0 fully saturated rings. The average Bonchev–Trinajstić information content (AvgIpc) is 2.51. The van der Waals surface area contributed by atoms with Crippen molar-refractivity contribution in [3.8, 4) is 0 Å². The lowest BCUT2D eigenvalue weighted by molar-refractivity contribution is 0.0377. The maximum absolute atomic E-state index is 10.1. The van der Waals surface area contributed by atoms with Crippen LogP contribution in [0, 0.1) is 0 Å². The Balaban J connectivity index is 2.91. The van der Waals surface area contributed by atoms with Gasteiger partial charge in [-0.05, 0) is 26.3 Å². The lowest BCUT2D eigenvalue weighted by atomic mass is 9.96. The van der Waals surface area contributed by atoms with Crippen LogP contribution >= 0.6 is 0 Å². The van der Waals surface area contributed by atoms with Crippen molar-refractivity contribution in [2.24, 2.45) is 0 Å². The van der Waals surface area contributed by atoms with Crippen molar-refractivity contribution in [1.82, 2.24) is 9.78 Å². The maximum atomic E-state index is 10.1. The first-order valence-corrected chi connectivity index (χ1v) is 4.86. The summed E-state index contributed by atoms with van der Waals surface area (Å²) in [4.78, 5) is 0. The fourth-order valence-electron chi connectivity index (χ4n) is 1.66. The number of rotatable bonds is 4.